The molecule has 98 valence electrons. The third-order valence-corrected chi connectivity index (χ3v) is 3.75. The van der Waals surface area contributed by atoms with Crippen molar-refractivity contribution in [1.29, 1.82) is 0 Å². The highest BCUT2D eigenvalue weighted by molar-refractivity contribution is 5.57. The number of nitrogens with one attached hydrogen (secondary N) is 1. The van der Waals surface area contributed by atoms with Crippen LogP contribution in [0.25, 0.3) is 0 Å². The van der Waals surface area contributed by atoms with E-state index in [0.717, 1.165) is 17.8 Å². The molecule has 2 aromatic rings. The lowest BCUT2D eigenvalue weighted by Gasteiger charge is -2.27. The van der Waals surface area contributed by atoms with Gasteiger partial charge in [-0.1, -0.05) is 24.3 Å². The van der Waals surface area contributed by atoms with Crippen LogP contribution in [0.3, 0.4) is 0 Å². The standard InChI is InChI=1S/C16H15F2N/c1-10-6-7-13(17)15(16(10)18)12-8-9-19-14-5-3-2-4-11(12)14/h2-7,12,19H,8-9H2,1H3. The highest BCUT2D eigenvalue weighted by atomic mass is 19.1. The van der Waals surface area contributed by atoms with Gasteiger partial charge in [-0.25, -0.2) is 8.78 Å². The summed E-state index contributed by atoms with van der Waals surface area (Å²) in [6.07, 6.45) is 0.703. The average Bonchev–Trinajstić information content (AvgIpc) is 2.44. The van der Waals surface area contributed by atoms with E-state index in [1.54, 1.807) is 6.92 Å². The zero-order chi connectivity index (χ0) is 13.4. The fraction of sp³-hybridized carbons (Fsp3) is 0.250. The summed E-state index contributed by atoms with van der Waals surface area (Å²) in [5.41, 5.74) is 2.64. The summed E-state index contributed by atoms with van der Waals surface area (Å²) in [4.78, 5) is 0. The zero-order valence-corrected chi connectivity index (χ0v) is 10.7. The van der Waals surface area contributed by atoms with Crippen molar-refractivity contribution in [2.75, 3.05) is 11.9 Å². The monoisotopic (exact) mass is 259 g/mol. The van der Waals surface area contributed by atoms with E-state index in [4.69, 9.17) is 0 Å². The molecule has 2 aromatic carbocycles. The van der Waals surface area contributed by atoms with Gasteiger partial charge in [0.1, 0.15) is 11.6 Å². The van der Waals surface area contributed by atoms with Crippen LogP contribution in [0.15, 0.2) is 36.4 Å². The molecule has 0 saturated carbocycles. The van der Waals surface area contributed by atoms with E-state index in [-0.39, 0.29) is 11.5 Å². The number of halogens is 2. The van der Waals surface area contributed by atoms with E-state index in [1.807, 2.05) is 24.3 Å². The lowest BCUT2D eigenvalue weighted by molar-refractivity contribution is 0.526. The maximum absolute atomic E-state index is 14.3. The molecule has 1 aliphatic rings. The van der Waals surface area contributed by atoms with Crippen LogP contribution in [0.1, 0.15) is 29.0 Å². The first-order chi connectivity index (χ1) is 9.18. The normalized spacial score (nSPS) is 17.7. The lowest BCUT2D eigenvalue weighted by Crippen LogP contribution is -2.19. The molecule has 0 radical (unpaired) electrons. The molecule has 0 bridgehead atoms. The largest absolute Gasteiger partial charge is 0.385 e. The average molecular weight is 259 g/mol. The van der Waals surface area contributed by atoms with Crippen molar-refractivity contribution >= 4 is 5.69 Å². The van der Waals surface area contributed by atoms with Crippen LogP contribution in [-0.2, 0) is 0 Å². The van der Waals surface area contributed by atoms with Crippen molar-refractivity contribution < 1.29 is 8.78 Å². The van der Waals surface area contributed by atoms with Gasteiger partial charge in [0.2, 0.25) is 0 Å². The number of hydrogen-bond acceptors (Lipinski definition) is 1. The van der Waals surface area contributed by atoms with Crippen LogP contribution in [0.2, 0.25) is 0 Å². The van der Waals surface area contributed by atoms with E-state index < -0.39 is 11.6 Å². The molecule has 0 aliphatic carbocycles. The van der Waals surface area contributed by atoms with Crippen molar-refractivity contribution in [2.24, 2.45) is 0 Å². The Morgan fingerprint density at radius 3 is 2.74 bits per heavy atom. The number of rotatable bonds is 1. The summed E-state index contributed by atoms with van der Waals surface area (Å²) >= 11 is 0. The highest BCUT2D eigenvalue weighted by Gasteiger charge is 2.27. The maximum Gasteiger partial charge on any atom is 0.132 e. The molecule has 0 amide bonds. The minimum Gasteiger partial charge on any atom is -0.385 e. The van der Waals surface area contributed by atoms with Gasteiger partial charge >= 0.3 is 0 Å². The molecule has 0 spiro atoms. The third kappa shape index (κ3) is 1.99. The molecule has 0 aromatic heterocycles. The number of anilines is 1. The molecular formula is C16H15F2N. The summed E-state index contributed by atoms with van der Waals surface area (Å²) in [5.74, 6) is -1.08. The van der Waals surface area contributed by atoms with E-state index in [1.165, 1.54) is 12.1 Å². The molecule has 1 N–H and O–H groups in total. The van der Waals surface area contributed by atoms with E-state index in [0.29, 0.717) is 12.0 Å². The van der Waals surface area contributed by atoms with E-state index in [9.17, 15) is 8.78 Å². The fourth-order valence-corrected chi connectivity index (χ4v) is 2.77. The number of benzene rings is 2. The van der Waals surface area contributed by atoms with Crippen LogP contribution in [0.4, 0.5) is 14.5 Å². The summed E-state index contributed by atoms with van der Waals surface area (Å²) in [6.45, 7) is 2.40. The van der Waals surface area contributed by atoms with E-state index in [2.05, 4.69) is 5.32 Å². The van der Waals surface area contributed by atoms with Gasteiger partial charge in [0.25, 0.3) is 0 Å². The van der Waals surface area contributed by atoms with Crippen LogP contribution < -0.4 is 5.32 Å². The number of aryl methyl sites for hydroxylation is 1. The summed E-state index contributed by atoms with van der Waals surface area (Å²) in [7, 11) is 0. The van der Waals surface area contributed by atoms with Gasteiger partial charge in [-0.2, -0.15) is 0 Å². The van der Waals surface area contributed by atoms with Gasteiger partial charge < -0.3 is 5.32 Å². The number of hydrogen-bond donors (Lipinski definition) is 1. The minimum atomic E-state index is -0.454. The molecule has 0 fully saturated rings. The van der Waals surface area contributed by atoms with Crippen molar-refractivity contribution in [1.82, 2.24) is 0 Å². The zero-order valence-electron chi connectivity index (χ0n) is 10.7. The van der Waals surface area contributed by atoms with Crippen LogP contribution in [0, 0.1) is 18.6 Å². The first-order valence-electron chi connectivity index (χ1n) is 6.46. The Morgan fingerprint density at radius 1 is 1.11 bits per heavy atom. The van der Waals surface area contributed by atoms with Crippen LogP contribution >= 0.6 is 0 Å². The topological polar surface area (TPSA) is 12.0 Å². The predicted octanol–water partition coefficient (Wildman–Crippen LogP) is 4.22. The molecule has 1 heterocycles. The number of para-hydroxylation sites is 1. The Kier molecular flexibility index (Phi) is 2.97. The number of fused-ring (bicyclic) bond motifs is 1. The molecule has 3 rings (SSSR count). The smallest absolute Gasteiger partial charge is 0.132 e. The van der Waals surface area contributed by atoms with Crippen molar-refractivity contribution in [2.45, 2.75) is 19.3 Å². The summed E-state index contributed by atoms with van der Waals surface area (Å²) in [5, 5.41) is 3.27. The summed E-state index contributed by atoms with van der Waals surface area (Å²) < 4.78 is 28.3. The van der Waals surface area contributed by atoms with Crippen molar-refractivity contribution in [3.8, 4) is 0 Å². The minimum absolute atomic E-state index is 0.203. The van der Waals surface area contributed by atoms with Crippen LogP contribution in [0.5, 0.6) is 0 Å². The Hall–Kier alpha value is -1.90. The predicted molar refractivity (Wildman–Crippen MR) is 72.5 cm³/mol. The highest BCUT2D eigenvalue weighted by Crippen LogP contribution is 2.38. The SMILES string of the molecule is Cc1ccc(F)c(C2CCNc3ccccc32)c1F. The first-order valence-corrected chi connectivity index (χ1v) is 6.46. The second-order valence-electron chi connectivity index (χ2n) is 4.95. The quantitative estimate of drug-likeness (QED) is 0.808. The second-order valence-corrected chi connectivity index (χ2v) is 4.95. The van der Waals surface area contributed by atoms with Gasteiger partial charge in [0, 0.05) is 23.7 Å². The molecule has 1 atom stereocenters. The molecular weight excluding hydrogens is 244 g/mol. The van der Waals surface area contributed by atoms with Crippen molar-refractivity contribution in [3.63, 3.8) is 0 Å². The lowest BCUT2D eigenvalue weighted by atomic mass is 9.84. The molecule has 0 saturated heterocycles. The molecule has 1 aliphatic heterocycles. The Bertz CT molecular complexity index is 622. The second kappa shape index (κ2) is 4.65. The van der Waals surface area contributed by atoms with Crippen molar-refractivity contribution in [3.05, 3.63) is 64.7 Å². The maximum atomic E-state index is 14.3. The van der Waals surface area contributed by atoms with E-state index >= 15 is 0 Å². The van der Waals surface area contributed by atoms with Crippen LogP contribution in [-0.4, -0.2) is 6.54 Å². The third-order valence-electron chi connectivity index (χ3n) is 3.75. The molecule has 1 nitrogen and oxygen atoms in total. The first kappa shape index (κ1) is 12.2. The Labute approximate surface area is 111 Å². The Balaban J connectivity index is 2.17. The van der Waals surface area contributed by atoms with Gasteiger partial charge in [-0.3, -0.25) is 0 Å². The van der Waals surface area contributed by atoms with Gasteiger partial charge in [-0.15, -0.1) is 0 Å². The molecule has 1 unspecified atom stereocenters. The fourth-order valence-electron chi connectivity index (χ4n) is 2.77. The van der Waals surface area contributed by atoms with Gasteiger partial charge in [0.05, 0.1) is 0 Å². The summed E-state index contributed by atoms with van der Waals surface area (Å²) in [6, 6.07) is 10.6. The van der Waals surface area contributed by atoms with Gasteiger partial charge in [0.15, 0.2) is 0 Å². The molecule has 3 heteroatoms. The Morgan fingerprint density at radius 2 is 1.89 bits per heavy atom. The van der Waals surface area contributed by atoms with Gasteiger partial charge in [-0.05, 0) is 36.6 Å². The molecule has 19 heavy (non-hydrogen) atoms.